The van der Waals surface area contributed by atoms with Gasteiger partial charge in [0.1, 0.15) is 0 Å². The van der Waals surface area contributed by atoms with Crippen molar-refractivity contribution in [2.24, 2.45) is 22.7 Å². The number of allylic oxidation sites excluding steroid dienone is 1. The Kier molecular flexibility index (Phi) is 6.28. The Morgan fingerprint density at radius 1 is 1.23 bits per heavy atom. The Hall–Kier alpha value is -0.873. The minimum atomic E-state index is -1.90. The van der Waals surface area contributed by atoms with Gasteiger partial charge >= 0.3 is 5.97 Å². The van der Waals surface area contributed by atoms with Gasteiger partial charge in [-0.05, 0) is 72.1 Å². The third-order valence-corrected chi connectivity index (χ3v) is 13.6. The quantitative estimate of drug-likeness (QED) is 0.207. The molecule has 3 rings (SSSR count). The van der Waals surface area contributed by atoms with Gasteiger partial charge in [0.05, 0.1) is 12.7 Å². The van der Waals surface area contributed by atoms with Gasteiger partial charge in [-0.2, -0.15) is 0 Å². The number of esters is 1. The summed E-state index contributed by atoms with van der Waals surface area (Å²) in [4.78, 5) is 12.0. The van der Waals surface area contributed by atoms with Crippen molar-refractivity contribution < 1.29 is 14.0 Å². The van der Waals surface area contributed by atoms with Crippen molar-refractivity contribution >= 4 is 14.3 Å². The molecule has 3 aliphatic rings. The molecule has 0 aromatic carbocycles. The Bertz CT molecular complexity index is 727. The van der Waals surface area contributed by atoms with Gasteiger partial charge in [0.25, 0.3) is 0 Å². The van der Waals surface area contributed by atoms with Crippen molar-refractivity contribution in [3.05, 3.63) is 23.8 Å². The minimum absolute atomic E-state index is 0.125. The zero-order chi connectivity index (χ0) is 22.5. The normalized spacial score (nSPS) is 36.0. The summed E-state index contributed by atoms with van der Waals surface area (Å²) in [5, 5.41) is 0.182. The topological polar surface area (TPSA) is 35.5 Å². The third-order valence-electron chi connectivity index (χ3n) is 9.09. The highest BCUT2D eigenvalue weighted by Gasteiger charge is 2.56. The smallest absolute Gasteiger partial charge is 0.333 e. The standard InChI is InChI=1S/C26H44O3Si/c1-18-20(12-11-19-13-16-28-23(19)27)26(7)15-10-14-25(5,6)22(26)17-21(18)29-30(8,9)24(2,3)4/h11,20-22H,1,10,12-17H2,2-9H3/b19-11+/t20-,21-,22-,26+/m0/s1. The van der Waals surface area contributed by atoms with Gasteiger partial charge in [-0.3, -0.25) is 0 Å². The van der Waals surface area contributed by atoms with Crippen molar-refractivity contribution in [3.63, 3.8) is 0 Å². The highest BCUT2D eigenvalue weighted by atomic mass is 28.4. The van der Waals surface area contributed by atoms with Crippen LogP contribution in [0.2, 0.25) is 18.1 Å². The summed E-state index contributed by atoms with van der Waals surface area (Å²) < 4.78 is 12.2. The number of rotatable bonds is 4. The van der Waals surface area contributed by atoms with Crippen molar-refractivity contribution in [1.29, 1.82) is 0 Å². The molecule has 1 saturated heterocycles. The summed E-state index contributed by atoms with van der Waals surface area (Å²) in [5.41, 5.74) is 2.64. The Balaban J connectivity index is 1.94. The Morgan fingerprint density at radius 2 is 1.90 bits per heavy atom. The van der Waals surface area contributed by atoms with Crippen LogP contribution in [0.4, 0.5) is 0 Å². The molecule has 1 aliphatic heterocycles. The molecule has 0 N–H and O–H groups in total. The zero-order valence-corrected chi connectivity index (χ0v) is 21.7. The molecule has 0 aromatic heterocycles. The fraction of sp³-hybridized carbons (Fsp3) is 0.808. The fourth-order valence-corrected chi connectivity index (χ4v) is 7.47. The second-order valence-electron chi connectivity index (χ2n) is 12.5. The van der Waals surface area contributed by atoms with Crippen LogP contribution in [0.3, 0.4) is 0 Å². The zero-order valence-electron chi connectivity index (χ0n) is 20.7. The monoisotopic (exact) mass is 432 g/mol. The Morgan fingerprint density at radius 3 is 2.47 bits per heavy atom. The van der Waals surface area contributed by atoms with E-state index in [9.17, 15) is 4.79 Å². The number of cyclic esters (lactones) is 1. The first-order chi connectivity index (χ1) is 13.7. The summed E-state index contributed by atoms with van der Waals surface area (Å²) in [7, 11) is -1.90. The highest BCUT2D eigenvalue weighted by Crippen LogP contribution is 2.62. The first kappa shape index (κ1) is 23.8. The van der Waals surface area contributed by atoms with Gasteiger partial charge in [0, 0.05) is 12.0 Å². The fourth-order valence-electron chi connectivity index (χ4n) is 6.16. The van der Waals surface area contributed by atoms with E-state index in [1.165, 1.54) is 24.8 Å². The van der Waals surface area contributed by atoms with Crippen molar-refractivity contribution in [2.75, 3.05) is 6.61 Å². The number of hydrogen-bond acceptors (Lipinski definition) is 3. The van der Waals surface area contributed by atoms with Gasteiger partial charge < -0.3 is 9.16 Å². The van der Waals surface area contributed by atoms with Crippen LogP contribution in [-0.2, 0) is 14.0 Å². The average molecular weight is 433 g/mol. The maximum absolute atomic E-state index is 12.0. The molecule has 0 unspecified atom stereocenters. The molecule has 0 bridgehead atoms. The van der Waals surface area contributed by atoms with E-state index in [4.69, 9.17) is 9.16 Å². The van der Waals surface area contributed by atoms with Crippen molar-refractivity contribution in [2.45, 2.75) is 104 Å². The van der Waals surface area contributed by atoms with E-state index >= 15 is 0 Å². The van der Waals surface area contributed by atoms with Crippen molar-refractivity contribution in [1.82, 2.24) is 0 Å². The number of hydrogen-bond donors (Lipinski definition) is 0. The molecular formula is C26H44O3Si. The van der Waals surface area contributed by atoms with Crippen LogP contribution in [0.5, 0.6) is 0 Å². The number of carbonyl (C=O) groups is 1. The lowest BCUT2D eigenvalue weighted by Gasteiger charge is -2.60. The molecule has 3 nitrogen and oxygen atoms in total. The SMILES string of the molecule is C=C1[C@@H](O[Si](C)(C)C(C)(C)C)C[C@H]2C(C)(C)CCC[C@]2(C)[C@H]1C/C=C1\CCOC1=O. The predicted molar refractivity (Wildman–Crippen MR) is 127 cm³/mol. The lowest BCUT2D eigenvalue weighted by atomic mass is 9.46. The maximum Gasteiger partial charge on any atom is 0.333 e. The predicted octanol–water partition coefficient (Wildman–Crippen LogP) is 7.05. The first-order valence-electron chi connectivity index (χ1n) is 11.9. The molecule has 0 aromatic rings. The van der Waals surface area contributed by atoms with E-state index in [0.717, 1.165) is 24.8 Å². The van der Waals surface area contributed by atoms with Gasteiger partial charge in [0.15, 0.2) is 8.32 Å². The highest BCUT2D eigenvalue weighted by molar-refractivity contribution is 6.74. The molecule has 2 aliphatic carbocycles. The molecule has 4 heteroatoms. The van der Waals surface area contributed by atoms with Gasteiger partial charge in [-0.1, -0.05) is 60.6 Å². The molecule has 3 fully saturated rings. The summed E-state index contributed by atoms with van der Waals surface area (Å²) in [6, 6.07) is 0. The third kappa shape index (κ3) is 4.23. The molecule has 0 spiro atoms. The summed E-state index contributed by atoms with van der Waals surface area (Å²) >= 11 is 0. The lowest BCUT2D eigenvalue weighted by Crippen LogP contribution is -2.55. The molecule has 30 heavy (non-hydrogen) atoms. The minimum Gasteiger partial charge on any atom is -0.462 e. The van der Waals surface area contributed by atoms with Gasteiger partial charge in [0.2, 0.25) is 0 Å². The van der Waals surface area contributed by atoms with Gasteiger partial charge in [-0.15, -0.1) is 0 Å². The molecule has 170 valence electrons. The van der Waals surface area contributed by atoms with E-state index in [1.807, 2.05) is 0 Å². The van der Waals surface area contributed by atoms with E-state index in [1.54, 1.807) is 0 Å². The van der Waals surface area contributed by atoms with Crippen molar-refractivity contribution in [3.8, 4) is 0 Å². The number of fused-ring (bicyclic) bond motifs is 1. The first-order valence-corrected chi connectivity index (χ1v) is 14.8. The van der Waals surface area contributed by atoms with Crippen LogP contribution >= 0.6 is 0 Å². The van der Waals surface area contributed by atoms with Crippen LogP contribution in [0, 0.1) is 22.7 Å². The van der Waals surface area contributed by atoms with E-state index in [-0.39, 0.29) is 22.5 Å². The summed E-state index contributed by atoms with van der Waals surface area (Å²) in [5.74, 6) is 0.834. The summed E-state index contributed by atoms with van der Waals surface area (Å²) in [6.45, 7) is 24.2. The van der Waals surface area contributed by atoms with Crippen LogP contribution in [0.1, 0.15) is 80.1 Å². The molecule has 2 saturated carbocycles. The second kappa shape index (κ2) is 7.92. The van der Waals surface area contributed by atoms with E-state index in [2.05, 4.69) is 67.3 Å². The van der Waals surface area contributed by atoms with E-state index < -0.39 is 8.32 Å². The second-order valence-corrected chi connectivity index (χ2v) is 17.2. The van der Waals surface area contributed by atoms with Crippen LogP contribution in [0.25, 0.3) is 0 Å². The number of carbonyl (C=O) groups excluding carboxylic acids is 1. The van der Waals surface area contributed by atoms with Crippen LogP contribution in [-0.4, -0.2) is 27.0 Å². The molecular weight excluding hydrogens is 388 g/mol. The molecule has 4 atom stereocenters. The molecule has 1 heterocycles. The molecule has 0 radical (unpaired) electrons. The van der Waals surface area contributed by atoms with Crippen LogP contribution < -0.4 is 0 Å². The molecule has 0 amide bonds. The van der Waals surface area contributed by atoms with E-state index in [0.29, 0.717) is 23.9 Å². The van der Waals surface area contributed by atoms with Gasteiger partial charge in [-0.25, -0.2) is 4.79 Å². The Labute approximate surface area is 185 Å². The lowest BCUT2D eigenvalue weighted by molar-refractivity contribution is -0.135. The average Bonchev–Trinajstić information content (AvgIpc) is 3.00. The van der Waals surface area contributed by atoms with Crippen LogP contribution in [0.15, 0.2) is 23.8 Å². The largest absolute Gasteiger partial charge is 0.462 e. The number of ether oxygens (including phenoxy) is 1. The summed E-state index contributed by atoms with van der Waals surface area (Å²) in [6.07, 6.45) is 8.79. The maximum atomic E-state index is 12.0.